The molecule has 180 valence electrons. The molecule has 6 atom stereocenters. The molecule has 6 unspecified atom stereocenters. The van der Waals surface area contributed by atoms with Crippen LogP contribution in [0.25, 0.3) is 0 Å². The zero-order valence-corrected chi connectivity index (χ0v) is 22.5. The van der Waals surface area contributed by atoms with Crippen LogP contribution >= 0.6 is 24.0 Å². The van der Waals surface area contributed by atoms with Crippen molar-refractivity contribution in [2.45, 2.75) is 46.1 Å². The number of allylic oxidation sites excluding steroid dienone is 2. The zero-order valence-electron chi connectivity index (χ0n) is 20.1. The predicted octanol–water partition coefficient (Wildman–Crippen LogP) is 2.33. The SMILES string of the molecule is CN=C(NCCN1C(=O)C2C3C=CC(C3)C2C1=O)NCC(C)(C)N1CC(C)CC(C)C1.I. The van der Waals surface area contributed by atoms with Crippen LogP contribution in [0.2, 0.25) is 0 Å². The molecule has 0 radical (unpaired) electrons. The molecule has 2 saturated heterocycles. The summed E-state index contributed by atoms with van der Waals surface area (Å²) in [5, 5.41) is 6.74. The highest BCUT2D eigenvalue weighted by Crippen LogP contribution is 2.52. The maximum Gasteiger partial charge on any atom is 0.233 e. The van der Waals surface area contributed by atoms with E-state index in [4.69, 9.17) is 0 Å². The van der Waals surface area contributed by atoms with Gasteiger partial charge in [-0.05, 0) is 50.4 Å². The summed E-state index contributed by atoms with van der Waals surface area (Å²) in [6, 6.07) is 0. The van der Waals surface area contributed by atoms with Crippen LogP contribution in [0, 0.1) is 35.5 Å². The fourth-order valence-electron chi connectivity index (χ4n) is 6.26. The van der Waals surface area contributed by atoms with E-state index in [1.807, 2.05) is 0 Å². The van der Waals surface area contributed by atoms with Crippen molar-refractivity contribution in [1.29, 1.82) is 0 Å². The van der Waals surface area contributed by atoms with E-state index in [2.05, 4.69) is 60.4 Å². The van der Waals surface area contributed by atoms with Crippen molar-refractivity contribution < 1.29 is 9.59 Å². The molecule has 2 aliphatic carbocycles. The van der Waals surface area contributed by atoms with Crippen LogP contribution in [0.3, 0.4) is 0 Å². The molecule has 1 saturated carbocycles. The third kappa shape index (κ3) is 4.86. The molecule has 7 nitrogen and oxygen atoms in total. The maximum absolute atomic E-state index is 12.8. The quantitative estimate of drug-likeness (QED) is 0.173. The molecular weight excluding hydrogens is 517 g/mol. The van der Waals surface area contributed by atoms with Crippen LogP contribution in [0.1, 0.15) is 40.5 Å². The molecule has 2 amide bonds. The van der Waals surface area contributed by atoms with Crippen LogP contribution in [0.5, 0.6) is 0 Å². The van der Waals surface area contributed by atoms with Crippen LogP contribution in [0.15, 0.2) is 17.1 Å². The lowest BCUT2D eigenvalue weighted by Gasteiger charge is -2.45. The normalized spacial score (nSPS) is 34.7. The molecule has 32 heavy (non-hydrogen) atoms. The summed E-state index contributed by atoms with van der Waals surface area (Å²) in [6.45, 7) is 13.2. The second-order valence-corrected chi connectivity index (χ2v) is 10.8. The summed E-state index contributed by atoms with van der Waals surface area (Å²) in [4.78, 5) is 34.0. The number of aliphatic imine (C=N–C) groups is 1. The van der Waals surface area contributed by atoms with Crippen molar-refractivity contribution in [3.05, 3.63) is 12.2 Å². The van der Waals surface area contributed by atoms with Gasteiger partial charge in [-0.25, -0.2) is 0 Å². The van der Waals surface area contributed by atoms with Gasteiger partial charge in [0.05, 0.1) is 11.8 Å². The van der Waals surface area contributed by atoms with E-state index in [-0.39, 0.29) is 65.0 Å². The van der Waals surface area contributed by atoms with Gasteiger partial charge in [-0.15, -0.1) is 24.0 Å². The topological polar surface area (TPSA) is 77.0 Å². The highest BCUT2D eigenvalue weighted by Gasteiger charge is 2.58. The minimum atomic E-state index is -0.116. The molecule has 3 fully saturated rings. The molecule has 4 aliphatic rings. The average molecular weight is 558 g/mol. The average Bonchev–Trinajstić information content (AvgIpc) is 3.39. The second-order valence-electron chi connectivity index (χ2n) is 10.8. The zero-order chi connectivity index (χ0) is 22.3. The number of rotatable bonds is 6. The summed E-state index contributed by atoms with van der Waals surface area (Å²) in [5.41, 5.74) is 0.0190. The Kier molecular flexibility index (Phi) is 7.95. The van der Waals surface area contributed by atoms with Crippen molar-refractivity contribution in [1.82, 2.24) is 20.4 Å². The molecule has 0 spiro atoms. The van der Waals surface area contributed by atoms with Gasteiger partial charge in [-0.2, -0.15) is 0 Å². The number of carbonyl (C=O) groups excluding carboxylic acids is 2. The van der Waals surface area contributed by atoms with E-state index >= 15 is 0 Å². The van der Waals surface area contributed by atoms with Crippen molar-refractivity contribution in [2.75, 3.05) is 39.8 Å². The van der Waals surface area contributed by atoms with Gasteiger partial charge < -0.3 is 10.6 Å². The van der Waals surface area contributed by atoms with Crippen molar-refractivity contribution in [3.63, 3.8) is 0 Å². The van der Waals surface area contributed by atoms with E-state index in [0.717, 1.165) is 37.9 Å². The predicted molar refractivity (Wildman–Crippen MR) is 138 cm³/mol. The van der Waals surface area contributed by atoms with Crippen LogP contribution < -0.4 is 10.6 Å². The number of carbonyl (C=O) groups is 2. The van der Waals surface area contributed by atoms with Gasteiger partial charge in [0.15, 0.2) is 5.96 Å². The Hall–Kier alpha value is -1.16. The van der Waals surface area contributed by atoms with Crippen molar-refractivity contribution in [3.8, 4) is 0 Å². The largest absolute Gasteiger partial charge is 0.355 e. The third-order valence-electron chi connectivity index (χ3n) is 7.83. The molecule has 0 aromatic rings. The summed E-state index contributed by atoms with van der Waals surface area (Å²) in [6.07, 6.45) is 6.54. The van der Waals surface area contributed by atoms with Gasteiger partial charge >= 0.3 is 0 Å². The Morgan fingerprint density at radius 2 is 1.59 bits per heavy atom. The van der Waals surface area contributed by atoms with Gasteiger partial charge in [0.25, 0.3) is 0 Å². The number of piperidine rings is 1. The van der Waals surface area contributed by atoms with E-state index < -0.39 is 0 Å². The van der Waals surface area contributed by atoms with Gasteiger partial charge in [0, 0.05) is 45.3 Å². The Morgan fingerprint density at radius 3 is 2.12 bits per heavy atom. The van der Waals surface area contributed by atoms with Gasteiger partial charge in [-0.3, -0.25) is 24.4 Å². The lowest BCUT2D eigenvalue weighted by atomic mass is 9.85. The summed E-state index contributed by atoms with van der Waals surface area (Å²) in [5.74, 6) is 2.50. The lowest BCUT2D eigenvalue weighted by Crippen LogP contribution is -2.57. The number of guanidine groups is 1. The van der Waals surface area contributed by atoms with Crippen molar-refractivity contribution in [2.24, 2.45) is 40.5 Å². The minimum Gasteiger partial charge on any atom is -0.355 e. The Balaban J connectivity index is 0.00000289. The fourth-order valence-corrected chi connectivity index (χ4v) is 6.26. The van der Waals surface area contributed by atoms with E-state index in [1.165, 1.54) is 11.3 Å². The number of hydrogen-bond acceptors (Lipinski definition) is 4. The van der Waals surface area contributed by atoms with Crippen LogP contribution in [-0.4, -0.2) is 72.9 Å². The Labute approximate surface area is 209 Å². The summed E-state index contributed by atoms with van der Waals surface area (Å²) < 4.78 is 0. The molecule has 8 heteroatoms. The number of halogens is 1. The highest BCUT2D eigenvalue weighted by molar-refractivity contribution is 14.0. The molecular formula is C24H40IN5O2. The molecule has 4 rings (SSSR count). The Morgan fingerprint density at radius 1 is 1.03 bits per heavy atom. The summed E-state index contributed by atoms with van der Waals surface area (Å²) >= 11 is 0. The molecule has 2 bridgehead atoms. The second kappa shape index (κ2) is 9.99. The number of hydrogen-bond donors (Lipinski definition) is 2. The molecule has 2 N–H and O–H groups in total. The lowest BCUT2D eigenvalue weighted by molar-refractivity contribution is -0.140. The van der Waals surface area contributed by atoms with Crippen LogP contribution in [-0.2, 0) is 9.59 Å². The molecule has 0 aromatic carbocycles. The number of likely N-dealkylation sites (tertiary alicyclic amines) is 2. The number of nitrogens with one attached hydrogen (secondary N) is 2. The molecule has 2 aliphatic heterocycles. The monoisotopic (exact) mass is 557 g/mol. The standard InChI is InChI=1S/C24H39N5O2.HI/c1-15-10-16(2)13-28(12-15)24(3,4)14-27-23(25-5)26-8-9-29-21(30)19-17-6-7-18(11-17)20(19)22(29)31;/h6-7,15-20H,8-14H2,1-5H3,(H2,25,26,27);1H. The smallest absolute Gasteiger partial charge is 0.233 e. The first kappa shape index (κ1) is 25.5. The fraction of sp³-hybridized carbons (Fsp3) is 0.792. The highest BCUT2D eigenvalue weighted by atomic mass is 127. The van der Waals surface area contributed by atoms with Crippen LogP contribution in [0.4, 0.5) is 0 Å². The van der Waals surface area contributed by atoms with E-state index in [9.17, 15) is 9.59 Å². The molecule has 0 aromatic heterocycles. The van der Waals surface area contributed by atoms with Gasteiger partial charge in [0.2, 0.25) is 11.8 Å². The third-order valence-corrected chi connectivity index (χ3v) is 7.83. The first-order valence-electron chi connectivity index (χ1n) is 11.9. The van der Waals surface area contributed by atoms with Gasteiger partial charge in [-0.1, -0.05) is 26.0 Å². The van der Waals surface area contributed by atoms with E-state index in [1.54, 1.807) is 7.05 Å². The molecule has 2 heterocycles. The first-order valence-corrected chi connectivity index (χ1v) is 11.9. The summed E-state index contributed by atoms with van der Waals surface area (Å²) in [7, 11) is 1.76. The number of imide groups is 1. The van der Waals surface area contributed by atoms with E-state index in [0.29, 0.717) is 19.0 Å². The van der Waals surface area contributed by atoms with Gasteiger partial charge in [0.1, 0.15) is 0 Å². The first-order chi connectivity index (χ1) is 14.7. The number of fused-ring (bicyclic) bond motifs is 5. The Bertz CT molecular complexity index is 742. The number of amides is 2. The minimum absolute atomic E-state index is 0. The maximum atomic E-state index is 12.8. The number of nitrogens with zero attached hydrogens (tertiary/aromatic N) is 3. The van der Waals surface area contributed by atoms with Crippen molar-refractivity contribution >= 4 is 41.8 Å².